The second-order valence-corrected chi connectivity index (χ2v) is 6.38. The maximum Gasteiger partial charge on any atom is 0.229 e. The molecule has 0 aromatic rings. The predicted molar refractivity (Wildman–Crippen MR) is 70.3 cm³/mol. The maximum atomic E-state index is 12.5. The van der Waals surface area contributed by atoms with Crippen LogP contribution in [-0.4, -0.2) is 53.3 Å². The minimum absolute atomic E-state index is 0.214. The average Bonchev–Trinajstić information content (AvgIpc) is 2.73. The first-order valence-corrected chi connectivity index (χ1v) is 7.10. The van der Waals surface area contributed by atoms with E-state index in [-0.39, 0.29) is 5.91 Å². The van der Waals surface area contributed by atoms with Gasteiger partial charge in [0.25, 0.3) is 0 Å². The minimum atomic E-state index is -0.434. The Morgan fingerprint density at radius 3 is 2.76 bits per heavy atom. The molecule has 2 heterocycles. The van der Waals surface area contributed by atoms with Gasteiger partial charge in [-0.2, -0.15) is 0 Å². The Labute approximate surface area is 109 Å². The van der Waals surface area contributed by atoms with E-state index in [9.17, 15) is 4.79 Å². The van der Waals surface area contributed by atoms with Crippen molar-refractivity contribution in [1.29, 1.82) is 0 Å². The van der Waals surface area contributed by atoms with E-state index in [1.54, 1.807) is 0 Å². The standard InChI is InChI=1S/C13H23ClN2O/c1-10-7-15-6-4-5-11(15)8-16(10)12(17)13(2,3)9-14/h10-11H,4-9H2,1-3H3. The summed E-state index contributed by atoms with van der Waals surface area (Å²) in [5.74, 6) is 0.607. The number of piperazine rings is 1. The second-order valence-electron chi connectivity index (χ2n) is 6.12. The van der Waals surface area contributed by atoms with Gasteiger partial charge in [-0.05, 0) is 40.2 Å². The molecule has 1 amide bonds. The molecule has 0 N–H and O–H groups in total. The lowest BCUT2D eigenvalue weighted by atomic mass is 9.92. The van der Waals surface area contributed by atoms with E-state index in [4.69, 9.17) is 11.6 Å². The maximum absolute atomic E-state index is 12.5. The summed E-state index contributed by atoms with van der Waals surface area (Å²) in [4.78, 5) is 17.1. The largest absolute Gasteiger partial charge is 0.337 e. The molecule has 2 unspecified atom stereocenters. The molecule has 2 rings (SSSR count). The Bertz CT molecular complexity index is 306. The fourth-order valence-corrected chi connectivity index (χ4v) is 3.03. The number of carbonyl (C=O) groups excluding carboxylic acids is 1. The summed E-state index contributed by atoms with van der Waals surface area (Å²) < 4.78 is 0. The van der Waals surface area contributed by atoms with E-state index in [0.29, 0.717) is 18.0 Å². The van der Waals surface area contributed by atoms with E-state index in [1.807, 2.05) is 13.8 Å². The number of carbonyl (C=O) groups is 1. The van der Waals surface area contributed by atoms with E-state index in [0.717, 1.165) is 13.1 Å². The number of rotatable bonds is 2. The lowest BCUT2D eigenvalue weighted by Gasteiger charge is -2.44. The molecule has 98 valence electrons. The fraction of sp³-hybridized carbons (Fsp3) is 0.923. The second kappa shape index (κ2) is 4.77. The molecule has 0 radical (unpaired) electrons. The lowest BCUT2D eigenvalue weighted by molar-refractivity contribution is -0.145. The van der Waals surface area contributed by atoms with Crippen LogP contribution in [0.5, 0.6) is 0 Å². The summed E-state index contributed by atoms with van der Waals surface area (Å²) in [5.41, 5.74) is -0.434. The van der Waals surface area contributed by atoms with Crippen LogP contribution in [0.2, 0.25) is 0 Å². The summed E-state index contributed by atoms with van der Waals surface area (Å²) in [6.07, 6.45) is 2.51. The van der Waals surface area contributed by atoms with Gasteiger partial charge in [0, 0.05) is 31.1 Å². The molecule has 17 heavy (non-hydrogen) atoms. The summed E-state index contributed by atoms with van der Waals surface area (Å²) >= 11 is 5.91. The van der Waals surface area contributed by atoms with Crippen molar-refractivity contribution in [1.82, 2.24) is 9.80 Å². The third-order valence-electron chi connectivity index (χ3n) is 4.11. The molecule has 2 aliphatic rings. The van der Waals surface area contributed by atoms with Crippen molar-refractivity contribution in [3.63, 3.8) is 0 Å². The lowest BCUT2D eigenvalue weighted by Crippen LogP contribution is -2.59. The molecule has 0 aliphatic carbocycles. The van der Waals surface area contributed by atoms with Gasteiger partial charge in [0.05, 0.1) is 5.41 Å². The van der Waals surface area contributed by atoms with Crippen LogP contribution >= 0.6 is 11.6 Å². The summed E-state index contributed by atoms with van der Waals surface area (Å²) in [6, 6.07) is 0.903. The van der Waals surface area contributed by atoms with Crippen molar-refractivity contribution >= 4 is 17.5 Å². The molecule has 0 spiro atoms. The van der Waals surface area contributed by atoms with E-state index in [2.05, 4.69) is 16.7 Å². The molecule has 3 nitrogen and oxygen atoms in total. The minimum Gasteiger partial charge on any atom is -0.337 e. The van der Waals surface area contributed by atoms with E-state index >= 15 is 0 Å². The highest BCUT2D eigenvalue weighted by molar-refractivity contribution is 6.19. The Kier molecular flexibility index (Phi) is 3.69. The van der Waals surface area contributed by atoms with Crippen LogP contribution < -0.4 is 0 Å². The zero-order chi connectivity index (χ0) is 12.6. The highest BCUT2D eigenvalue weighted by Crippen LogP contribution is 2.29. The average molecular weight is 259 g/mol. The van der Waals surface area contributed by atoms with Gasteiger partial charge < -0.3 is 4.90 Å². The molecule has 0 saturated carbocycles. The van der Waals surface area contributed by atoms with E-state index in [1.165, 1.54) is 19.4 Å². The Hall–Kier alpha value is -0.280. The molecule has 0 aromatic carbocycles. The van der Waals surface area contributed by atoms with Gasteiger partial charge in [-0.15, -0.1) is 11.6 Å². The van der Waals surface area contributed by atoms with E-state index < -0.39 is 5.41 Å². The van der Waals surface area contributed by atoms with Crippen LogP contribution in [0.15, 0.2) is 0 Å². The Morgan fingerprint density at radius 1 is 1.41 bits per heavy atom. The van der Waals surface area contributed by atoms with Gasteiger partial charge in [-0.25, -0.2) is 0 Å². The summed E-state index contributed by atoms with van der Waals surface area (Å²) in [5, 5.41) is 0. The Balaban J connectivity index is 2.08. The van der Waals surface area contributed by atoms with Gasteiger partial charge in [0.2, 0.25) is 5.91 Å². The van der Waals surface area contributed by atoms with Crippen LogP contribution in [0.4, 0.5) is 0 Å². The Morgan fingerprint density at radius 2 is 2.12 bits per heavy atom. The van der Waals surface area contributed by atoms with Crippen LogP contribution in [-0.2, 0) is 4.79 Å². The number of hydrogen-bond donors (Lipinski definition) is 0. The van der Waals surface area contributed by atoms with Crippen LogP contribution in [0.25, 0.3) is 0 Å². The molecule has 2 saturated heterocycles. The van der Waals surface area contributed by atoms with Crippen molar-refractivity contribution in [2.24, 2.45) is 5.41 Å². The third-order valence-corrected chi connectivity index (χ3v) is 4.78. The predicted octanol–water partition coefficient (Wildman–Crippen LogP) is 1.95. The zero-order valence-electron chi connectivity index (χ0n) is 11.1. The normalized spacial score (nSPS) is 30.5. The number of hydrogen-bond acceptors (Lipinski definition) is 2. The molecular weight excluding hydrogens is 236 g/mol. The smallest absolute Gasteiger partial charge is 0.229 e. The van der Waals surface area contributed by atoms with Crippen molar-refractivity contribution in [2.75, 3.05) is 25.5 Å². The summed E-state index contributed by atoms with van der Waals surface area (Å²) in [6.45, 7) is 9.15. The molecule has 4 heteroatoms. The topological polar surface area (TPSA) is 23.6 Å². The van der Waals surface area contributed by atoms with Crippen LogP contribution in [0.3, 0.4) is 0 Å². The number of nitrogens with zero attached hydrogens (tertiary/aromatic N) is 2. The molecular formula is C13H23ClN2O. The molecule has 0 aromatic heterocycles. The number of alkyl halides is 1. The summed E-state index contributed by atoms with van der Waals surface area (Å²) in [7, 11) is 0. The van der Waals surface area contributed by atoms with Crippen molar-refractivity contribution in [3.8, 4) is 0 Å². The first kappa shape index (κ1) is 13.2. The molecule has 2 atom stereocenters. The highest BCUT2D eigenvalue weighted by Gasteiger charge is 2.40. The van der Waals surface area contributed by atoms with Gasteiger partial charge in [-0.3, -0.25) is 9.69 Å². The molecule has 2 fully saturated rings. The SMILES string of the molecule is CC1CN2CCCC2CN1C(=O)C(C)(C)CCl. The van der Waals surface area contributed by atoms with Crippen LogP contribution in [0.1, 0.15) is 33.6 Å². The molecule has 0 bridgehead atoms. The van der Waals surface area contributed by atoms with Crippen molar-refractivity contribution < 1.29 is 4.79 Å². The van der Waals surface area contributed by atoms with Crippen molar-refractivity contribution in [2.45, 2.75) is 45.7 Å². The monoisotopic (exact) mass is 258 g/mol. The first-order valence-electron chi connectivity index (χ1n) is 6.57. The van der Waals surface area contributed by atoms with Gasteiger partial charge in [-0.1, -0.05) is 0 Å². The van der Waals surface area contributed by atoms with Gasteiger partial charge in [0.15, 0.2) is 0 Å². The van der Waals surface area contributed by atoms with Crippen LogP contribution in [0, 0.1) is 5.41 Å². The third kappa shape index (κ3) is 2.45. The number of fused-ring (bicyclic) bond motifs is 1. The quantitative estimate of drug-likeness (QED) is 0.707. The van der Waals surface area contributed by atoms with Gasteiger partial charge >= 0.3 is 0 Å². The fourth-order valence-electron chi connectivity index (χ4n) is 2.92. The highest BCUT2D eigenvalue weighted by atomic mass is 35.5. The van der Waals surface area contributed by atoms with Crippen molar-refractivity contribution in [3.05, 3.63) is 0 Å². The first-order chi connectivity index (χ1) is 7.95. The number of halogens is 1. The number of amides is 1. The molecule has 2 aliphatic heterocycles. The zero-order valence-corrected chi connectivity index (χ0v) is 11.8. The van der Waals surface area contributed by atoms with Gasteiger partial charge in [0.1, 0.15) is 0 Å².